The average molecular weight is 257 g/mol. The zero-order valence-corrected chi connectivity index (χ0v) is 9.91. The number of carboxylic acids is 1. The molecule has 2 heterocycles. The van der Waals surface area contributed by atoms with Gasteiger partial charge in [0, 0.05) is 31.3 Å². The summed E-state index contributed by atoms with van der Waals surface area (Å²) in [5.74, 6) is -1.48. The molecule has 19 heavy (non-hydrogen) atoms. The van der Waals surface area contributed by atoms with Crippen LogP contribution in [0.5, 0.6) is 0 Å². The smallest absolute Gasteiger partial charge is 0.337 e. The number of hydrogen-bond donors (Lipinski definition) is 2. The summed E-state index contributed by atoms with van der Waals surface area (Å²) >= 11 is 0. The molecule has 96 valence electrons. The molecule has 0 fully saturated rings. The van der Waals surface area contributed by atoms with Crippen LogP contribution in [-0.4, -0.2) is 27.0 Å². The van der Waals surface area contributed by atoms with E-state index in [1.807, 2.05) is 0 Å². The minimum atomic E-state index is -1.11. The van der Waals surface area contributed by atoms with Gasteiger partial charge < -0.3 is 10.4 Å². The van der Waals surface area contributed by atoms with Gasteiger partial charge in [-0.05, 0) is 23.8 Å². The summed E-state index contributed by atoms with van der Waals surface area (Å²) < 4.78 is 0. The van der Waals surface area contributed by atoms with E-state index in [-0.39, 0.29) is 17.0 Å². The maximum atomic E-state index is 11.8. The first kappa shape index (κ1) is 12.7. The normalized spacial score (nSPS) is 9.89. The second kappa shape index (κ2) is 5.72. The number of aromatic nitrogens is 2. The van der Waals surface area contributed by atoms with E-state index in [9.17, 15) is 9.59 Å². The molecule has 0 bridgehead atoms. The molecule has 0 saturated heterocycles. The number of hydrogen-bond acceptors (Lipinski definition) is 4. The van der Waals surface area contributed by atoms with Crippen LogP contribution < -0.4 is 5.32 Å². The molecule has 0 spiro atoms. The number of rotatable bonds is 4. The van der Waals surface area contributed by atoms with Crippen LogP contribution in [0, 0.1) is 0 Å². The minimum absolute atomic E-state index is 0.0171. The number of carbonyl (C=O) groups is 2. The number of nitrogens with one attached hydrogen (secondary N) is 1. The molecule has 6 nitrogen and oxygen atoms in total. The van der Waals surface area contributed by atoms with Crippen molar-refractivity contribution in [3.05, 3.63) is 59.7 Å². The fourth-order valence-corrected chi connectivity index (χ4v) is 1.47. The zero-order valence-electron chi connectivity index (χ0n) is 9.91. The van der Waals surface area contributed by atoms with Crippen LogP contribution in [0.2, 0.25) is 0 Å². The van der Waals surface area contributed by atoms with Gasteiger partial charge in [0.25, 0.3) is 5.91 Å². The monoisotopic (exact) mass is 257 g/mol. The SMILES string of the molecule is O=C(O)c1cncc(C(=O)NCc2ccncc2)c1. The lowest BCUT2D eigenvalue weighted by molar-refractivity contribution is 0.0696. The first-order valence-corrected chi connectivity index (χ1v) is 5.52. The number of pyridine rings is 2. The van der Waals surface area contributed by atoms with Gasteiger partial charge in [0.1, 0.15) is 0 Å². The van der Waals surface area contributed by atoms with E-state index >= 15 is 0 Å². The van der Waals surface area contributed by atoms with E-state index in [1.54, 1.807) is 24.5 Å². The van der Waals surface area contributed by atoms with E-state index in [0.717, 1.165) is 5.56 Å². The molecule has 0 aromatic carbocycles. The molecule has 1 amide bonds. The van der Waals surface area contributed by atoms with Gasteiger partial charge in [-0.15, -0.1) is 0 Å². The number of aromatic carboxylic acids is 1. The van der Waals surface area contributed by atoms with E-state index in [0.29, 0.717) is 6.54 Å². The van der Waals surface area contributed by atoms with Crippen molar-refractivity contribution in [3.63, 3.8) is 0 Å². The molecule has 0 atom stereocenters. The van der Waals surface area contributed by atoms with E-state index in [4.69, 9.17) is 5.11 Å². The van der Waals surface area contributed by atoms with Gasteiger partial charge >= 0.3 is 5.97 Å². The molecule has 2 N–H and O–H groups in total. The molecule has 2 aromatic heterocycles. The summed E-state index contributed by atoms with van der Waals surface area (Å²) in [6.07, 6.45) is 5.79. The van der Waals surface area contributed by atoms with Gasteiger partial charge in [-0.3, -0.25) is 14.8 Å². The van der Waals surface area contributed by atoms with E-state index < -0.39 is 5.97 Å². The third-order valence-corrected chi connectivity index (χ3v) is 2.45. The molecule has 2 aromatic rings. The molecule has 0 aliphatic heterocycles. The zero-order chi connectivity index (χ0) is 13.7. The maximum absolute atomic E-state index is 11.8. The third-order valence-electron chi connectivity index (χ3n) is 2.45. The van der Waals surface area contributed by atoms with Crippen LogP contribution in [0.25, 0.3) is 0 Å². The number of carboxylic acid groups (broad SMARTS) is 1. The highest BCUT2D eigenvalue weighted by atomic mass is 16.4. The first-order valence-electron chi connectivity index (χ1n) is 5.52. The van der Waals surface area contributed by atoms with Gasteiger partial charge in [0.05, 0.1) is 11.1 Å². The maximum Gasteiger partial charge on any atom is 0.337 e. The van der Waals surface area contributed by atoms with Gasteiger partial charge in [-0.1, -0.05) is 0 Å². The van der Waals surface area contributed by atoms with Crippen molar-refractivity contribution in [1.29, 1.82) is 0 Å². The summed E-state index contributed by atoms with van der Waals surface area (Å²) in [6, 6.07) is 4.86. The van der Waals surface area contributed by atoms with Gasteiger partial charge in [0.2, 0.25) is 0 Å². The Labute approximate surface area is 109 Å². The van der Waals surface area contributed by atoms with Gasteiger partial charge in [0.15, 0.2) is 0 Å². The van der Waals surface area contributed by atoms with Crippen LogP contribution in [0.1, 0.15) is 26.3 Å². The lowest BCUT2D eigenvalue weighted by atomic mass is 10.2. The standard InChI is InChI=1S/C13H11N3O3/c17-12(16-6-9-1-3-14-4-2-9)10-5-11(13(18)19)8-15-7-10/h1-5,7-8H,6H2,(H,16,17)(H,18,19). The molecule has 0 saturated carbocycles. The summed E-state index contributed by atoms with van der Waals surface area (Å²) in [5, 5.41) is 11.5. The average Bonchev–Trinajstić information content (AvgIpc) is 2.46. The van der Waals surface area contributed by atoms with Crippen LogP contribution in [0.15, 0.2) is 43.0 Å². The Hall–Kier alpha value is -2.76. The van der Waals surface area contributed by atoms with Crippen LogP contribution >= 0.6 is 0 Å². The van der Waals surface area contributed by atoms with Crippen LogP contribution in [-0.2, 0) is 6.54 Å². The van der Waals surface area contributed by atoms with Crippen molar-refractivity contribution in [3.8, 4) is 0 Å². The van der Waals surface area contributed by atoms with Crippen LogP contribution in [0.4, 0.5) is 0 Å². The lowest BCUT2D eigenvalue weighted by Gasteiger charge is -2.05. The topological polar surface area (TPSA) is 92.2 Å². The number of nitrogens with zero attached hydrogens (tertiary/aromatic N) is 2. The van der Waals surface area contributed by atoms with Crippen molar-refractivity contribution in [2.45, 2.75) is 6.54 Å². The summed E-state index contributed by atoms with van der Waals surface area (Å²) in [7, 11) is 0. The molecule has 0 unspecified atom stereocenters. The number of carbonyl (C=O) groups excluding carboxylic acids is 1. The Balaban J connectivity index is 2.04. The molecular weight excluding hydrogens is 246 g/mol. The van der Waals surface area contributed by atoms with Crippen molar-refractivity contribution in [1.82, 2.24) is 15.3 Å². The van der Waals surface area contributed by atoms with Crippen molar-refractivity contribution < 1.29 is 14.7 Å². The molecule has 2 rings (SSSR count). The second-order valence-corrected chi connectivity index (χ2v) is 3.81. The van der Waals surface area contributed by atoms with Crippen molar-refractivity contribution >= 4 is 11.9 Å². The molecule has 0 radical (unpaired) electrons. The predicted octanol–water partition coefficient (Wildman–Crippen LogP) is 1.10. The Kier molecular flexibility index (Phi) is 3.82. The Morgan fingerprint density at radius 1 is 1.11 bits per heavy atom. The Bertz CT molecular complexity index is 599. The van der Waals surface area contributed by atoms with Gasteiger partial charge in [-0.2, -0.15) is 0 Å². The molecule has 6 heteroatoms. The minimum Gasteiger partial charge on any atom is -0.478 e. The quantitative estimate of drug-likeness (QED) is 0.855. The highest BCUT2D eigenvalue weighted by molar-refractivity contribution is 5.96. The predicted molar refractivity (Wildman–Crippen MR) is 66.6 cm³/mol. The molecule has 0 aliphatic rings. The molecule has 0 aliphatic carbocycles. The molecular formula is C13H11N3O3. The van der Waals surface area contributed by atoms with Crippen LogP contribution in [0.3, 0.4) is 0 Å². The highest BCUT2D eigenvalue weighted by Gasteiger charge is 2.09. The Morgan fingerprint density at radius 2 is 1.79 bits per heavy atom. The Morgan fingerprint density at radius 3 is 2.47 bits per heavy atom. The van der Waals surface area contributed by atoms with E-state index in [1.165, 1.54) is 18.5 Å². The summed E-state index contributed by atoms with van der Waals surface area (Å²) in [5.41, 5.74) is 1.11. The van der Waals surface area contributed by atoms with Crippen molar-refractivity contribution in [2.75, 3.05) is 0 Å². The fraction of sp³-hybridized carbons (Fsp3) is 0.0769. The largest absolute Gasteiger partial charge is 0.478 e. The first-order chi connectivity index (χ1) is 9.16. The second-order valence-electron chi connectivity index (χ2n) is 3.81. The number of amides is 1. The van der Waals surface area contributed by atoms with Crippen molar-refractivity contribution in [2.24, 2.45) is 0 Å². The summed E-state index contributed by atoms with van der Waals surface area (Å²) in [6.45, 7) is 0.346. The highest BCUT2D eigenvalue weighted by Crippen LogP contribution is 2.03. The fourth-order valence-electron chi connectivity index (χ4n) is 1.47. The lowest BCUT2D eigenvalue weighted by Crippen LogP contribution is -2.23. The summed E-state index contributed by atoms with van der Waals surface area (Å²) in [4.78, 5) is 30.2. The van der Waals surface area contributed by atoms with Gasteiger partial charge in [-0.25, -0.2) is 4.79 Å². The van der Waals surface area contributed by atoms with E-state index in [2.05, 4.69) is 15.3 Å². The third kappa shape index (κ3) is 3.35.